The third-order valence-corrected chi connectivity index (χ3v) is 9.97. The van der Waals surface area contributed by atoms with Gasteiger partial charge in [0.05, 0.1) is 23.5 Å². The summed E-state index contributed by atoms with van der Waals surface area (Å²) in [5, 5.41) is 3.79. The highest BCUT2D eigenvalue weighted by molar-refractivity contribution is 7.92. The van der Waals surface area contributed by atoms with Crippen LogP contribution in [0.15, 0.2) is 91.1 Å². The Morgan fingerprint density at radius 3 is 2.39 bits per heavy atom. The van der Waals surface area contributed by atoms with E-state index in [1.54, 1.807) is 36.4 Å². The van der Waals surface area contributed by atoms with Gasteiger partial charge in [0.1, 0.15) is 12.4 Å². The molecule has 2 amide bonds. The van der Waals surface area contributed by atoms with Crippen LogP contribution >= 0.6 is 23.2 Å². The van der Waals surface area contributed by atoms with Crippen LogP contribution in [0.4, 0.5) is 16.2 Å². The van der Waals surface area contributed by atoms with Gasteiger partial charge in [-0.1, -0.05) is 79.5 Å². The first-order valence-electron chi connectivity index (χ1n) is 15.4. The second-order valence-electron chi connectivity index (χ2n) is 12.1. The van der Waals surface area contributed by atoms with Crippen molar-refractivity contribution in [2.24, 2.45) is 5.92 Å². The molecule has 0 aliphatic carbocycles. The second-order valence-corrected chi connectivity index (χ2v) is 14.5. The predicted molar refractivity (Wildman–Crippen MR) is 193 cm³/mol. The van der Waals surface area contributed by atoms with Gasteiger partial charge in [0.15, 0.2) is 0 Å². The van der Waals surface area contributed by atoms with E-state index in [9.17, 15) is 18.0 Å². The number of anilines is 2. The Morgan fingerprint density at radius 1 is 0.980 bits per heavy atom. The Bertz CT molecular complexity index is 2170. The minimum Gasteiger partial charge on any atom is -0.453 e. The average molecular weight is 719 g/mol. The van der Waals surface area contributed by atoms with Crippen LogP contribution in [0, 0.1) is 5.92 Å². The van der Waals surface area contributed by atoms with E-state index in [-0.39, 0.29) is 6.54 Å². The normalized spacial score (nSPS) is 13.8. The summed E-state index contributed by atoms with van der Waals surface area (Å²) in [6.07, 6.45) is 2.56. The zero-order valence-electron chi connectivity index (χ0n) is 26.9. The number of ether oxygens (including phenoxy) is 1. The van der Waals surface area contributed by atoms with Gasteiger partial charge < -0.3 is 9.30 Å². The smallest absolute Gasteiger partial charge is 0.411 e. The third-order valence-electron chi connectivity index (χ3n) is 8.01. The van der Waals surface area contributed by atoms with Crippen LogP contribution in [-0.4, -0.2) is 43.6 Å². The predicted octanol–water partition coefficient (Wildman–Crippen LogP) is 7.66. The van der Waals surface area contributed by atoms with E-state index in [0.717, 1.165) is 33.0 Å². The van der Waals surface area contributed by atoms with Gasteiger partial charge in [-0.05, 0) is 77.1 Å². The molecule has 5 aromatic rings. The summed E-state index contributed by atoms with van der Waals surface area (Å²) < 4.78 is 34.9. The average Bonchev–Trinajstić information content (AvgIpc) is 3.60. The van der Waals surface area contributed by atoms with Crippen LogP contribution in [0.1, 0.15) is 30.8 Å². The van der Waals surface area contributed by atoms with Crippen molar-refractivity contribution >= 4 is 56.8 Å². The van der Waals surface area contributed by atoms with Gasteiger partial charge in [-0.2, -0.15) is 8.42 Å². The number of carbonyl (C=O) groups is 2. The van der Waals surface area contributed by atoms with E-state index in [0.29, 0.717) is 56.5 Å². The largest absolute Gasteiger partial charge is 0.453 e. The Labute approximate surface area is 294 Å². The summed E-state index contributed by atoms with van der Waals surface area (Å²) in [5.74, 6) is 0.482. The number of methoxy groups -OCH3 is 1. The first kappa shape index (κ1) is 34.0. The molecule has 1 aromatic heterocycles. The van der Waals surface area contributed by atoms with Crippen molar-refractivity contribution in [2.75, 3.05) is 23.3 Å². The van der Waals surface area contributed by atoms with Crippen molar-refractivity contribution in [1.82, 2.24) is 14.3 Å². The minimum atomic E-state index is -3.99. The van der Waals surface area contributed by atoms with Crippen molar-refractivity contribution in [2.45, 2.75) is 26.7 Å². The molecule has 2 N–H and O–H groups in total. The first-order chi connectivity index (χ1) is 23.4. The SMILES string of the molecule is COC(=O)Nc1cc(-c2ccc(Cc3nc(-c4ccc(Cl)cc4Cl)cn3-c3cccc(N4CC(=O)NS4(=O)=O)c3)cc2)ccc1CC(C)C. The summed E-state index contributed by atoms with van der Waals surface area (Å²) in [6, 6.07) is 26.2. The Kier molecular flexibility index (Phi) is 9.69. The van der Waals surface area contributed by atoms with E-state index in [1.165, 1.54) is 7.11 Å². The molecule has 13 heteroatoms. The first-order valence-corrected chi connectivity index (χ1v) is 17.6. The van der Waals surface area contributed by atoms with Crippen LogP contribution in [0.2, 0.25) is 10.0 Å². The maximum Gasteiger partial charge on any atom is 0.411 e. The number of aromatic nitrogens is 2. The van der Waals surface area contributed by atoms with Crippen LogP contribution in [-0.2, 0) is 32.6 Å². The third kappa shape index (κ3) is 7.59. The summed E-state index contributed by atoms with van der Waals surface area (Å²) in [7, 11) is -2.65. The molecule has 10 nitrogen and oxygen atoms in total. The lowest BCUT2D eigenvalue weighted by Crippen LogP contribution is -2.29. The summed E-state index contributed by atoms with van der Waals surface area (Å²) in [4.78, 5) is 28.9. The molecule has 1 aliphatic rings. The number of amides is 2. The summed E-state index contributed by atoms with van der Waals surface area (Å²) in [5.41, 5.74) is 6.90. The van der Waals surface area contributed by atoms with E-state index in [2.05, 4.69) is 19.2 Å². The van der Waals surface area contributed by atoms with Gasteiger partial charge in [0.25, 0.3) is 5.91 Å². The highest BCUT2D eigenvalue weighted by Gasteiger charge is 2.34. The fourth-order valence-corrected chi connectivity index (χ4v) is 7.36. The molecule has 0 bridgehead atoms. The topological polar surface area (TPSA) is 123 Å². The molecule has 0 radical (unpaired) electrons. The molecule has 4 aromatic carbocycles. The lowest BCUT2D eigenvalue weighted by atomic mass is 9.96. The van der Waals surface area contributed by atoms with Crippen LogP contribution in [0.25, 0.3) is 28.1 Å². The zero-order chi connectivity index (χ0) is 34.9. The number of benzene rings is 4. The van der Waals surface area contributed by atoms with Gasteiger partial charge in [-0.15, -0.1) is 0 Å². The highest BCUT2D eigenvalue weighted by Crippen LogP contribution is 2.33. The molecule has 1 fully saturated rings. The zero-order valence-corrected chi connectivity index (χ0v) is 29.2. The quantitative estimate of drug-likeness (QED) is 0.161. The molecule has 0 atom stereocenters. The second kappa shape index (κ2) is 13.9. The van der Waals surface area contributed by atoms with Gasteiger partial charge in [0, 0.05) is 34.6 Å². The van der Waals surface area contributed by atoms with E-state index in [4.69, 9.17) is 32.9 Å². The van der Waals surface area contributed by atoms with Gasteiger partial charge in [-0.3, -0.25) is 10.1 Å². The van der Waals surface area contributed by atoms with Crippen LogP contribution < -0.4 is 14.3 Å². The molecular formula is C36H33Cl2N5O5S. The fraction of sp³-hybridized carbons (Fsp3) is 0.194. The van der Waals surface area contributed by atoms with Crippen molar-refractivity contribution in [3.63, 3.8) is 0 Å². The van der Waals surface area contributed by atoms with Crippen LogP contribution in [0.5, 0.6) is 0 Å². The maximum absolute atomic E-state index is 12.6. The Hall–Kier alpha value is -4.84. The molecule has 49 heavy (non-hydrogen) atoms. The lowest BCUT2D eigenvalue weighted by Gasteiger charge is -2.16. The van der Waals surface area contributed by atoms with Crippen molar-refractivity contribution in [3.05, 3.63) is 118 Å². The number of hydrogen-bond acceptors (Lipinski definition) is 6. The van der Waals surface area contributed by atoms with Gasteiger partial charge in [0.2, 0.25) is 0 Å². The number of hydrogen-bond donors (Lipinski definition) is 2. The number of nitrogens with zero attached hydrogens (tertiary/aromatic N) is 3. The van der Waals surface area contributed by atoms with E-state index in [1.807, 2.05) is 64.0 Å². The molecule has 0 saturated carbocycles. The fourth-order valence-electron chi connectivity index (χ4n) is 5.72. The molecule has 0 unspecified atom stereocenters. The van der Waals surface area contributed by atoms with Crippen molar-refractivity contribution in [1.29, 1.82) is 0 Å². The molecule has 1 aliphatic heterocycles. The number of halogens is 2. The number of imidazole rings is 1. The number of rotatable bonds is 9. The maximum atomic E-state index is 12.6. The van der Waals surface area contributed by atoms with Gasteiger partial charge in [-0.25, -0.2) is 18.8 Å². The molecule has 1 saturated heterocycles. The van der Waals surface area contributed by atoms with Crippen LogP contribution in [0.3, 0.4) is 0 Å². The standard InChI is InChI=1S/C36H33Cl2N5O5S/c1-22(2)15-26-12-11-25(17-32(26)40-36(45)48-3)24-9-7-23(8-10-24)16-34-39-33(30-14-13-27(37)18-31(30)38)20-42(34)28-5-4-6-29(19-28)43-21-35(44)41-49(43,46)47/h4-14,17-20,22H,15-16,21H2,1-3H3,(H,40,45)(H,41,44). The lowest BCUT2D eigenvalue weighted by molar-refractivity contribution is -0.117. The molecule has 6 rings (SSSR count). The molecule has 0 spiro atoms. The number of nitrogens with one attached hydrogen (secondary N) is 2. The van der Waals surface area contributed by atoms with Gasteiger partial charge >= 0.3 is 16.3 Å². The van der Waals surface area contributed by atoms with E-state index < -0.39 is 22.2 Å². The monoisotopic (exact) mass is 717 g/mol. The number of carbonyl (C=O) groups excluding carboxylic acids is 2. The highest BCUT2D eigenvalue weighted by atomic mass is 35.5. The molecule has 2 heterocycles. The summed E-state index contributed by atoms with van der Waals surface area (Å²) >= 11 is 12.7. The Balaban J connectivity index is 1.35. The summed E-state index contributed by atoms with van der Waals surface area (Å²) in [6.45, 7) is 3.95. The molecule has 252 valence electrons. The molecular weight excluding hydrogens is 685 g/mol. The van der Waals surface area contributed by atoms with Crippen molar-refractivity contribution < 1.29 is 22.7 Å². The minimum absolute atomic E-state index is 0.304. The van der Waals surface area contributed by atoms with Crippen molar-refractivity contribution in [3.8, 4) is 28.1 Å². The Morgan fingerprint density at radius 2 is 1.71 bits per heavy atom. The van der Waals surface area contributed by atoms with E-state index >= 15 is 0 Å².